The topological polar surface area (TPSA) is 55.5 Å². The Hall–Kier alpha value is -1.06. The predicted octanol–water partition coefficient (Wildman–Crippen LogP) is 1.87. The second kappa shape index (κ2) is 3.98. The summed E-state index contributed by atoms with van der Waals surface area (Å²) in [5.41, 5.74) is 1.71. The molecule has 0 aromatic heterocycles. The summed E-state index contributed by atoms with van der Waals surface area (Å²) in [6.45, 7) is 6.33. The summed E-state index contributed by atoms with van der Waals surface area (Å²) in [6.07, 6.45) is 0. The SMILES string of the molecule is Cc1ccc(C(C)(C)CON)cc1O. The van der Waals surface area contributed by atoms with Crippen molar-refractivity contribution in [3.8, 4) is 5.75 Å². The lowest BCUT2D eigenvalue weighted by molar-refractivity contribution is 0.0963. The number of phenolic OH excluding ortho intramolecular Hbond substituents is 1. The van der Waals surface area contributed by atoms with Crippen molar-refractivity contribution < 1.29 is 9.94 Å². The second-order valence-corrected chi connectivity index (χ2v) is 4.20. The largest absolute Gasteiger partial charge is 0.508 e. The third-order valence-electron chi connectivity index (χ3n) is 2.43. The van der Waals surface area contributed by atoms with Crippen molar-refractivity contribution in [1.29, 1.82) is 0 Å². The highest BCUT2D eigenvalue weighted by Crippen LogP contribution is 2.27. The molecule has 3 nitrogen and oxygen atoms in total. The van der Waals surface area contributed by atoms with E-state index in [1.54, 1.807) is 6.07 Å². The molecule has 1 aromatic carbocycles. The average molecular weight is 195 g/mol. The van der Waals surface area contributed by atoms with Crippen molar-refractivity contribution in [2.24, 2.45) is 5.90 Å². The first-order valence-corrected chi connectivity index (χ1v) is 4.59. The summed E-state index contributed by atoms with van der Waals surface area (Å²) in [5, 5.41) is 9.56. The molecule has 0 spiro atoms. The van der Waals surface area contributed by atoms with Gasteiger partial charge in [0.1, 0.15) is 5.75 Å². The smallest absolute Gasteiger partial charge is 0.118 e. The van der Waals surface area contributed by atoms with Crippen LogP contribution < -0.4 is 5.90 Å². The van der Waals surface area contributed by atoms with E-state index >= 15 is 0 Å². The van der Waals surface area contributed by atoms with Crippen molar-refractivity contribution in [2.45, 2.75) is 26.2 Å². The van der Waals surface area contributed by atoms with Gasteiger partial charge in [0.25, 0.3) is 0 Å². The van der Waals surface area contributed by atoms with E-state index in [4.69, 9.17) is 5.90 Å². The fraction of sp³-hybridized carbons (Fsp3) is 0.455. The first-order valence-electron chi connectivity index (χ1n) is 4.59. The summed E-state index contributed by atoms with van der Waals surface area (Å²) < 4.78 is 0. The maximum Gasteiger partial charge on any atom is 0.118 e. The highest BCUT2D eigenvalue weighted by molar-refractivity contribution is 5.38. The number of aromatic hydroxyl groups is 1. The Labute approximate surface area is 84.5 Å². The molecular formula is C11H17NO2. The van der Waals surface area contributed by atoms with Gasteiger partial charge < -0.3 is 9.94 Å². The van der Waals surface area contributed by atoms with Crippen molar-refractivity contribution in [3.05, 3.63) is 29.3 Å². The predicted molar refractivity (Wildman–Crippen MR) is 56.0 cm³/mol. The van der Waals surface area contributed by atoms with Gasteiger partial charge in [0.05, 0.1) is 6.61 Å². The highest BCUT2D eigenvalue weighted by Gasteiger charge is 2.21. The van der Waals surface area contributed by atoms with Gasteiger partial charge in [-0.1, -0.05) is 26.0 Å². The summed E-state index contributed by atoms with van der Waals surface area (Å²) in [4.78, 5) is 4.65. The molecule has 0 aliphatic heterocycles. The molecule has 0 fully saturated rings. The van der Waals surface area contributed by atoms with Crippen molar-refractivity contribution in [2.75, 3.05) is 6.61 Å². The molecule has 0 bridgehead atoms. The van der Waals surface area contributed by atoms with Gasteiger partial charge in [-0.15, -0.1) is 0 Å². The van der Waals surface area contributed by atoms with Crippen LogP contribution in [0.15, 0.2) is 18.2 Å². The lowest BCUT2D eigenvalue weighted by atomic mass is 9.85. The minimum absolute atomic E-state index is 0.181. The van der Waals surface area contributed by atoms with E-state index < -0.39 is 0 Å². The molecule has 3 heteroatoms. The molecule has 0 aliphatic carbocycles. The Kier molecular flexibility index (Phi) is 3.13. The Morgan fingerprint density at radius 2 is 2.07 bits per heavy atom. The highest BCUT2D eigenvalue weighted by atomic mass is 16.6. The molecule has 0 amide bonds. The normalized spacial score (nSPS) is 11.7. The van der Waals surface area contributed by atoms with Gasteiger partial charge in [-0.2, -0.15) is 0 Å². The van der Waals surface area contributed by atoms with Crippen LogP contribution in [0.1, 0.15) is 25.0 Å². The van der Waals surface area contributed by atoms with Crippen LogP contribution in [0.2, 0.25) is 0 Å². The first-order chi connectivity index (χ1) is 6.47. The van der Waals surface area contributed by atoms with Crippen LogP contribution in [0, 0.1) is 6.92 Å². The molecule has 1 rings (SSSR count). The zero-order valence-electron chi connectivity index (χ0n) is 8.87. The Balaban J connectivity index is 3.01. The minimum atomic E-state index is -0.181. The number of aryl methyl sites for hydroxylation is 1. The van der Waals surface area contributed by atoms with Gasteiger partial charge in [0.15, 0.2) is 0 Å². The second-order valence-electron chi connectivity index (χ2n) is 4.20. The minimum Gasteiger partial charge on any atom is -0.508 e. The van der Waals surface area contributed by atoms with Crippen molar-refractivity contribution in [3.63, 3.8) is 0 Å². The summed E-state index contributed by atoms with van der Waals surface area (Å²) >= 11 is 0. The maximum atomic E-state index is 9.56. The number of phenols is 1. The van der Waals surface area contributed by atoms with Crippen LogP contribution in [-0.2, 0) is 10.3 Å². The van der Waals surface area contributed by atoms with Gasteiger partial charge in [-0.25, -0.2) is 5.90 Å². The van der Waals surface area contributed by atoms with Crippen LogP contribution in [-0.4, -0.2) is 11.7 Å². The molecule has 0 radical (unpaired) electrons. The van der Waals surface area contributed by atoms with E-state index in [-0.39, 0.29) is 5.41 Å². The lowest BCUT2D eigenvalue weighted by Crippen LogP contribution is -2.26. The van der Waals surface area contributed by atoms with E-state index in [1.165, 1.54) is 0 Å². The van der Waals surface area contributed by atoms with Gasteiger partial charge >= 0.3 is 0 Å². The monoisotopic (exact) mass is 195 g/mol. The average Bonchev–Trinajstić information content (AvgIpc) is 2.09. The zero-order valence-corrected chi connectivity index (χ0v) is 8.87. The van der Waals surface area contributed by atoms with E-state index in [1.807, 2.05) is 32.9 Å². The lowest BCUT2D eigenvalue weighted by Gasteiger charge is -2.24. The van der Waals surface area contributed by atoms with Crippen LogP contribution in [0.5, 0.6) is 5.75 Å². The molecule has 78 valence electrons. The standard InChI is InChI=1S/C11H17NO2/c1-8-4-5-9(6-10(8)13)11(2,3)7-14-12/h4-6,13H,7,12H2,1-3H3. The van der Waals surface area contributed by atoms with E-state index in [0.717, 1.165) is 11.1 Å². The van der Waals surface area contributed by atoms with Gasteiger partial charge in [-0.05, 0) is 24.1 Å². The van der Waals surface area contributed by atoms with Gasteiger partial charge in [-0.3, -0.25) is 0 Å². The van der Waals surface area contributed by atoms with Crippen LogP contribution in [0.25, 0.3) is 0 Å². The molecule has 1 aromatic rings. The number of hydrogen-bond acceptors (Lipinski definition) is 3. The molecule has 14 heavy (non-hydrogen) atoms. The molecule has 0 saturated heterocycles. The number of benzene rings is 1. The van der Waals surface area contributed by atoms with E-state index in [2.05, 4.69) is 4.84 Å². The van der Waals surface area contributed by atoms with Crippen molar-refractivity contribution >= 4 is 0 Å². The molecule has 0 atom stereocenters. The number of nitrogens with two attached hydrogens (primary N) is 1. The Morgan fingerprint density at radius 1 is 1.43 bits per heavy atom. The Morgan fingerprint density at radius 3 is 2.57 bits per heavy atom. The molecular weight excluding hydrogens is 178 g/mol. The van der Waals surface area contributed by atoms with Crippen LogP contribution in [0.4, 0.5) is 0 Å². The maximum absolute atomic E-state index is 9.56. The summed E-state index contributed by atoms with van der Waals surface area (Å²) in [7, 11) is 0. The Bertz CT molecular complexity index is 321. The third-order valence-corrected chi connectivity index (χ3v) is 2.43. The first kappa shape index (κ1) is 11.0. The van der Waals surface area contributed by atoms with E-state index in [0.29, 0.717) is 12.4 Å². The fourth-order valence-corrected chi connectivity index (χ4v) is 1.32. The zero-order chi connectivity index (χ0) is 10.8. The van der Waals surface area contributed by atoms with Gasteiger partial charge in [0.2, 0.25) is 0 Å². The molecule has 0 heterocycles. The number of rotatable bonds is 3. The van der Waals surface area contributed by atoms with Crippen LogP contribution >= 0.6 is 0 Å². The summed E-state index contributed by atoms with van der Waals surface area (Å²) in [5.74, 6) is 5.37. The van der Waals surface area contributed by atoms with E-state index in [9.17, 15) is 5.11 Å². The number of hydrogen-bond donors (Lipinski definition) is 2. The molecule has 0 saturated carbocycles. The van der Waals surface area contributed by atoms with Crippen LogP contribution in [0.3, 0.4) is 0 Å². The third kappa shape index (κ3) is 2.25. The van der Waals surface area contributed by atoms with Crippen molar-refractivity contribution in [1.82, 2.24) is 0 Å². The molecule has 3 N–H and O–H groups in total. The summed E-state index contributed by atoms with van der Waals surface area (Å²) in [6, 6.07) is 5.63. The quantitative estimate of drug-likeness (QED) is 0.724. The molecule has 0 unspecified atom stereocenters. The fourth-order valence-electron chi connectivity index (χ4n) is 1.32. The molecule has 0 aliphatic rings. The van der Waals surface area contributed by atoms with Gasteiger partial charge in [0, 0.05) is 5.41 Å².